The predicted octanol–water partition coefficient (Wildman–Crippen LogP) is 4.25. The number of ether oxygens (including phenoxy) is 1. The Bertz CT molecular complexity index is 1120. The van der Waals surface area contributed by atoms with E-state index < -0.39 is 9.84 Å². The number of benzene rings is 2. The van der Waals surface area contributed by atoms with Gasteiger partial charge in [0.15, 0.2) is 9.84 Å². The van der Waals surface area contributed by atoms with Crippen molar-refractivity contribution >= 4 is 15.7 Å². The number of carbonyl (C=O) groups excluding carboxylic acids is 1. The van der Waals surface area contributed by atoms with Gasteiger partial charge in [0.1, 0.15) is 5.75 Å². The van der Waals surface area contributed by atoms with Gasteiger partial charge in [-0.1, -0.05) is 44.2 Å². The molecule has 0 saturated carbocycles. The lowest BCUT2D eigenvalue weighted by Crippen LogP contribution is -2.42. The van der Waals surface area contributed by atoms with Gasteiger partial charge in [-0.3, -0.25) is 9.69 Å². The normalized spacial score (nSPS) is 18.5. The van der Waals surface area contributed by atoms with Gasteiger partial charge >= 0.3 is 0 Å². The molecule has 184 valence electrons. The molecule has 0 unspecified atom stereocenters. The minimum absolute atomic E-state index is 0.120. The molecule has 0 atom stereocenters. The van der Waals surface area contributed by atoms with E-state index in [1.54, 1.807) is 18.2 Å². The zero-order valence-electron chi connectivity index (χ0n) is 20.5. The molecule has 0 N–H and O–H groups in total. The molecule has 34 heavy (non-hydrogen) atoms. The van der Waals surface area contributed by atoms with Gasteiger partial charge < -0.3 is 9.64 Å². The van der Waals surface area contributed by atoms with E-state index in [4.69, 9.17) is 4.74 Å². The molecule has 0 aromatic heterocycles. The first-order valence-corrected chi connectivity index (χ1v) is 14.1. The van der Waals surface area contributed by atoms with Crippen LogP contribution in [0.15, 0.2) is 53.4 Å². The van der Waals surface area contributed by atoms with Crippen LogP contribution in [0.4, 0.5) is 0 Å². The van der Waals surface area contributed by atoms with E-state index in [9.17, 15) is 13.2 Å². The summed E-state index contributed by atoms with van der Waals surface area (Å²) in [5.41, 5.74) is 1.64. The molecule has 6 nitrogen and oxygen atoms in total. The van der Waals surface area contributed by atoms with Gasteiger partial charge in [0, 0.05) is 31.5 Å². The molecule has 0 bridgehead atoms. The topological polar surface area (TPSA) is 66.9 Å². The molecule has 7 heteroatoms. The van der Waals surface area contributed by atoms with Gasteiger partial charge in [-0.05, 0) is 61.9 Å². The van der Waals surface area contributed by atoms with E-state index in [2.05, 4.69) is 36.9 Å². The predicted molar refractivity (Wildman–Crippen MR) is 134 cm³/mol. The first kappa shape index (κ1) is 24.7. The van der Waals surface area contributed by atoms with E-state index >= 15 is 0 Å². The number of likely N-dealkylation sites (tertiary alicyclic amines) is 2. The number of amides is 1. The van der Waals surface area contributed by atoms with Crippen LogP contribution in [0.2, 0.25) is 0 Å². The molecular formula is C27H36N2O4S. The summed E-state index contributed by atoms with van der Waals surface area (Å²) in [5, 5.41) is 0. The highest BCUT2D eigenvalue weighted by atomic mass is 32.2. The monoisotopic (exact) mass is 484 g/mol. The quantitative estimate of drug-likeness (QED) is 0.588. The van der Waals surface area contributed by atoms with E-state index in [-0.39, 0.29) is 21.8 Å². The van der Waals surface area contributed by atoms with Gasteiger partial charge in [0.2, 0.25) is 0 Å². The van der Waals surface area contributed by atoms with Crippen LogP contribution >= 0.6 is 0 Å². The maximum Gasteiger partial charge on any atom is 0.255 e. The van der Waals surface area contributed by atoms with E-state index in [1.807, 2.05) is 11.0 Å². The van der Waals surface area contributed by atoms with Crippen LogP contribution in [-0.4, -0.2) is 63.2 Å². The van der Waals surface area contributed by atoms with Crippen molar-refractivity contribution in [3.8, 4) is 5.75 Å². The van der Waals surface area contributed by atoms with Crippen molar-refractivity contribution in [1.29, 1.82) is 0 Å². The molecule has 1 spiro atoms. The summed E-state index contributed by atoms with van der Waals surface area (Å²) in [6.07, 6.45) is 4.22. The van der Waals surface area contributed by atoms with Crippen LogP contribution in [0.3, 0.4) is 0 Å². The fourth-order valence-corrected chi connectivity index (χ4v) is 5.99. The van der Waals surface area contributed by atoms with Crippen LogP contribution in [0.1, 0.15) is 49.0 Å². The van der Waals surface area contributed by atoms with Crippen LogP contribution in [0, 0.1) is 11.3 Å². The highest BCUT2D eigenvalue weighted by Gasteiger charge is 2.42. The van der Waals surface area contributed by atoms with Crippen molar-refractivity contribution in [3.63, 3.8) is 0 Å². The molecule has 2 aromatic carbocycles. The number of hydrogen-bond acceptors (Lipinski definition) is 5. The standard InChI is InChI=1S/C27H36N2O4S/c1-21(2)19-33-24-10-6-4-8-22(24)18-28-15-12-27(13-16-28)14-17-29(20-27)26(30)23-9-5-7-11-25(23)34(3,31)32/h4-11,21H,12-20H2,1-3H3. The highest BCUT2D eigenvalue weighted by molar-refractivity contribution is 7.90. The van der Waals surface area contributed by atoms with Crippen molar-refractivity contribution in [1.82, 2.24) is 9.80 Å². The highest BCUT2D eigenvalue weighted by Crippen LogP contribution is 2.41. The first-order valence-electron chi connectivity index (χ1n) is 12.2. The minimum atomic E-state index is -3.46. The van der Waals surface area contributed by atoms with Crippen LogP contribution in [0.5, 0.6) is 5.75 Å². The summed E-state index contributed by atoms with van der Waals surface area (Å²) >= 11 is 0. The Morgan fingerprint density at radius 2 is 1.65 bits per heavy atom. The Balaban J connectivity index is 1.37. The molecule has 4 rings (SSSR count). The lowest BCUT2D eigenvalue weighted by Gasteiger charge is -2.39. The first-order chi connectivity index (χ1) is 16.2. The second-order valence-corrected chi connectivity index (χ2v) is 12.3. The maximum absolute atomic E-state index is 13.2. The maximum atomic E-state index is 13.2. The van der Waals surface area contributed by atoms with E-state index in [1.165, 1.54) is 11.6 Å². The minimum Gasteiger partial charge on any atom is -0.493 e. The number of piperidine rings is 1. The van der Waals surface area contributed by atoms with Gasteiger partial charge in [-0.25, -0.2) is 8.42 Å². The Morgan fingerprint density at radius 3 is 2.35 bits per heavy atom. The average molecular weight is 485 g/mol. The van der Waals surface area contributed by atoms with Gasteiger partial charge in [0.25, 0.3) is 5.91 Å². The fraction of sp³-hybridized carbons (Fsp3) is 0.519. The Labute approximate surface area is 203 Å². The summed E-state index contributed by atoms with van der Waals surface area (Å²) in [6, 6.07) is 14.8. The number of nitrogens with zero attached hydrogens (tertiary/aromatic N) is 2. The SMILES string of the molecule is CC(C)COc1ccccc1CN1CCC2(CC1)CCN(C(=O)c1ccccc1S(C)(=O)=O)C2. The summed E-state index contributed by atoms with van der Waals surface area (Å²) in [5.74, 6) is 1.29. The molecule has 0 aliphatic carbocycles. The molecule has 2 aromatic rings. The Morgan fingerprint density at radius 1 is 1.00 bits per heavy atom. The third kappa shape index (κ3) is 5.63. The van der Waals surface area contributed by atoms with Crippen molar-refractivity contribution < 1.29 is 17.9 Å². The zero-order chi connectivity index (χ0) is 24.3. The van der Waals surface area contributed by atoms with Crippen molar-refractivity contribution in [2.45, 2.75) is 44.6 Å². The van der Waals surface area contributed by atoms with E-state index in [0.717, 1.165) is 50.9 Å². The lowest BCUT2D eigenvalue weighted by molar-refractivity contribution is 0.0709. The summed E-state index contributed by atoms with van der Waals surface area (Å²) in [6.45, 7) is 9.25. The smallest absolute Gasteiger partial charge is 0.255 e. The van der Waals surface area contributed by atoms with Crippen molar-refractivity contribution in [3.05, 3.63) is 59.7 Å². The van der Waals surface area contributed by atoms with Gasteiger partial charge in [-0.2, -0.15) is 0 Å². The van der Waals surface area contributed by atoms with Crippen molar-refractivity contribution in [2.24, 2.45) is 11.3 Å². The molecular weight excluding hydrogens is 448 g/mol. The molecule has 2 aliphatic heterocycles. The molecule has 2 fully saturated rings. The Kier molecular flexibility index (Phi) is 7.33. The third-order valence-corrected chi connectivity index (χ3v) is 8.25. The van der Waals surface area contributed by atoms with Crippen molar-refractivity contribution in [2.75, 3.05) is 39.0 Å². The molecule has 2 saturated heterocycles. The number of hydrogen-bond donors (Lipinski definition) is 0. The number of para-hydroxylation sites is 1. The molecule has 2 aliphatic rings. The zero-order valence-corrected chi connectivity index (χ0v) is 21.3. The average Bonchev–Trinajstić information content (AvgIpc) is 3.22. The Hall–Kier alpha value is -2.38. The summed E-state index contributed by atoms with van der Waals surface area (Å²) in [7, 11) is -3.46. The second-order valence-electron chi connectivity index (χ2n) is 10.3. The number of rotatable bonds is 7. The number of sulfone groups is 1. The van der Waals surface area contributed by atoms with Crippen LogP contribution < -0.4 is 4.74 Å². The largest absolute Gasteiger partial charge is 0.493 e. The number of carbonyl (C=O) groups is 1. The van der Waals surface area contributed by atoms with Crippen LogP contribution in [-0.2, 0) is 16.4 Å². The fourth-order valence-electron chi connectivity index (χ4n) is 5.11. The summed E-state index contributed by atoms with van der Waals surface area (Å²) in [4.78, 5) is 17.7. The van der Waals surface area contributed by atoms with Gasteiger partial charge in [0.05, 0.1) is 17.1 Å². The molecule has 0 radical (unpaired) electrons. The van der Waals surface area contributed by atoms with Crippen LogP contribution in [0.25, 0.3) is 0 Å². The van der Waals surface area contributed by atoms with E-state index in [0.29, 0.717) is 25.6 Å². The second kappa shape index (κ2) is 10.1. The van der Waals surface area contributed by atoms with Gasteiger partial charge in [-0.15, -0.1) is 0 Å². The third-order valence-electron chi connectivity index (χ3n) is 7.10. The molecule has 2 heterocycles. The molecule has 1 amide bonds. The lowest BCUT2D eigenvalue weighted by atomic mass is 9.77. The summed E-state index contributed by atoms with van der Waals surface area (Å²) < 4.78 is 30.4.